The highest BCUT2D eigenvalue weighted by Crippen LogP contribution is 2.44. The first-order chi connectivity index (χ1) is 23.5. The van der Waals surface area contributed by atoms with Crippen LogP contribution in [-0.2, 0) is 22.7 Å². The van der Waals surface area contributed by atoms with Gasteiger partial charge in [-0.1, -0.05) is 96.0 Å². The van der Waals surface area contributed by atoms with Crippen molar-refractivity contribution in [2.24, 2.45) is 0 Å². The summed E-state index contributed by atoms with van der Waals surface area (Å²) in [6.07, 6.45) is 2.45. The molecule has 4 aromatic carbocycles. The summed E-state index contributed by atoms with van der Waals surface area (Å²) in [5.74, 6) is 1.19. The largest absolute Gasteiger partial charge is 0.497 e. The van der Waals surface area contributed by atoms with Gasteiger partial charge < -0.3 is 28.8 Å². The molecule has 0 aliphatic heterocycles. The first-order valence-corrected chi connectivity index (χ1v) is 16.0. The van der Waals surface area contributed by atoms with Crippen molar-refractivity contribution in [3.63, 3.8) is 0 Å². The Hall–Kier alpha value is -5.28. The number of rotatable bonds is 16. The number of nitrogens with one attached hydrogen (secondary N) is 1. The number of hydrogen-bond acceptors (Lipinski definition) is 8. The predicted molar refractivity (Wildman–Crippen MR) is 183 cm³/mol. The fourth-order valence-electron chi connectivity index (χ4n) is 5.03. The number of carbonyl (C=O) groups excluding carboxylic acids is 2. The van der Waals surface area contributed by atoms with E-state index in [0.717, 1.165) is 17.5 Å². The van der Waals surface area contributed by atoms with Crippen molar-refractivity contribution >= 4 is 23.5 Å². The van der Waals surface area contributed by atoms with Crippen molar-refractivity contribution in [1.29, 1.82) is 0 Å². The standard InChI is InChI=1S/C38H37ClN2O7/c1-44-29-19-17-28(18-20-29)35-36(38(43)40-21-11-5-10-16-34(42)45-2)41-48-37(35)30-22-31(39)33(47-25-27-14-8-4-9-15-27)23-32(30)46-24-26-12-6-3-7-13-26/h3-4,6-9,12-15,17-20,22-23H,5,10-11,16,21,24-25H2,1-2H3,(H,40,43). The maximum Gasteiger partial charge on any atom is 0.305 e. The summed E-state index contributed by atoms with van der Waals surface area (Å²) in [6, 6.07) is 30.3. The minimum atomic E-state index is -0.399. The Kier molecular flexibility index (Phi) is 12.1. The number of benzene rings is 4. The summed E-state index contributed by atoms with van der Waals surface area (Å²) < 4.78 is 28.5. The lowest BCUT2D eigenvalue weighted by Gasteiger charge is -2.16. The Morgan fingerprint density at radius 2 is 1.44 bits per heavy atom. The third kappa shape index (κ3) is 8.95. The van der Waals surface area contributed by atoms with E-state index in [1.165, 1.54) is 7.11 Å². The Labute approximate surface area is 284 Å². The molecule has 0 saturated heterocycles. The molecule has 0 radical (unpaired) electrons. The molecule has 0 saturated carbocycles. The van der Waals surface area contributed by atoms with Gasteiger partial charge in [-0.3, -0.25) is 9.59 Å². The summed E-state index contributed by atoms with van der Waals surface area (Å²) in [5, 5.41) is 7.51. The minimum absolute atomic E-state index is 0.110. The lowest BCUT2D eigenvalue weighted by atomic mass is 9.98. The fourth-order valence-corrected chi connectivity index (χ4v) is 5.24. The van der Waals surface area contributed by atoms with Gasteiger partial charge in [-0.05, 0) is 47.7 Å². The van der Waals surface area contributed by atoms with Crippen molar-refractivity contribution in [2.75, 3.05) is 20.8 Å². The van der Waals surface area contributed by atoms with E-state index in [-0.39, 0.29) is 18.3 Å². The molecular formula is C38H37ClN2O7. The molecule has 10 heteroatoms. The van der Waals surface area contributed by atoms with Gasteiger partial charge in [0.1, 0.15) is 30.5 Å². The first kappa shape index (κ1) is 34.1. The molecule has 248 valence electrons. The monoisotopic (exact) mass is 668 g/mol. The second kappa shape index (κ2) is 17.0. The fraction of sp³-hybridized carbons (Fsp3) is 0.237. The van der Waals surface area contributed by atoms with Crippen LogP contribution in [0.1, 0.15) is 47.3 Å². The molecule has 9 nitrogen and oxygen atoms in total. The maximum atomic E-state index is 13.5. The minimum Gasteiger partial charge on any atom is -0.497 e. The highest BCUT2D eigenvalue weighted by Gasteiger charge is 2.27. The Morgan fingerprint density at radius 1 is 0.792 bits per heavy atom. The maximum absolute atomic E-state index is 13.5. The second-order valence-electron chi connectivity index (χ2n) is 10.9. The van der Waals surface area contributed by atoms with Crippen LogP contribution < -0.4 is 19.5 Å². The third-order valence-corrected chi connectivity index (χ3v) is 7.91. The summed E-state index contributed by atoms with van der Waals surface area (Å²) in [6.45, 7) is 0.975. The molecule has 1 amide bonds. The number of unbranched alkanes of at least 4 members (excludes halogenated alkanes) is 2. The van der Waals surface area contributed by atoms with Crippen LogP contribution in [0.25, 0.3) is 22.5 Å². The number of esters is 1. The first-order valence-electron chi connectivity index (χ1n) is 15.6. The summed E-state index contributed by atoms with van der Waals surface area (Å²) in [5.41, 5.74) is 3.72. The molecule has 0 unspecified atom stereocenters. The van der Waals surface area contributed by atoms with Gasteiger partial charge in [0, 0.05) is 19.0 Å². The van der Waals surface area contributed by atoms with E-state index in [0.29, 0.717) is 77.1 Å². The quantitative estimate of drug-likeness (QED) is 0.0826. The molecular weight excluding hydrogens is 632 g/mol. The normalized spacial score (nSPS) is 10.7. The van der Waals surface area contributed by atoms with Gasteiger partial charge in [-0.2, -0.15) is 0 Å². The molecule has 5 aromatic rings. The number of aromatic nitrogens is 1. The molecule has 0 atom stereocenters. The number of nitrogens with zero attached hydrogens (tertiary/aromatic N) is 1. The van der Waals surface area contributed by atoms with Crippen LogP contribution >= 0.6 is 11.6 Å². The Bertz CT molecular complexity index is 1790. The molecule has 0 bridgehead atoms. The van der Waals surface area contributed by atoms with Crippen LogP contribution in [0.5, 0.6) is 17.2 Å². The van der Waals surface area contributed by atoms with Crippen molar-refractivity contribution in [2.45, 2.75) is 38.9 Å². The van der Waals surface area contributed by atoms with Gasteiger partial charge in [0.05, 0.1) is 30.4 Å². The number of amides is 1. The van der Waals surface area contributed by atoms with E-state index < -0.39 is 5.91 Å². The van der Waals surface area contributed by atoms with Gasteiger partial charge in [0.15, 0.2) is 11.5 Å². The topological polar surface area (TPSA) is 109 Å². The van der Waals surface area contributed by atoms with E-state index in [1.54, 1.807) is 31.4 Å². The lowest BCUT2D eigenvalue weighted by molar-refractivity contribution is -0.140. The van der Waals surface area contributed by atoms with Gasteiger partial charge in [0.2, 0.25) is 0 Å². The third-order valence-electron chi connectivity index (χ3n) is 7.61. The zero-order valence-corrected chi connectivity index (χ0v) is 27.6. The van der Waals surface area contributed by atoms with E-state index in [2.05, 4.69) is 10.5 Å². The van der Waals surface area contributed by atoms with Gasteiger partial charge in [-0.25, -0.2) is 0 Å². The number of carbonyl (C=O) groups is 2. The van der Waals surface area contributed by atoms with E-state index in [9.17, 15) is 9.59 Å². The number of ether oxygens (including phenoxy) is 4. The zero-order valence-electron chi connectivity index (χ0n) is 26.9. The van der Waals surface area contributed by atoms with Crippen LogP contribution in [0.2, 0.25) is 5.02 Å². The van der Waals surface area contributed by atoms with Crippen LogP contribution in [-0.4, -0.2) is 37.8 Å². The van der Waals surface area contributed by atoms with E-state index >= 15 is 0 Å². The van der Waals surface area contributed by atoms with Crippen molar-refractivity contribution < 1.29 is 33.1 Å². The smallest absolute Gasteiger partial charge is 0.305 e. The lowest BCUT2D eigenvalue weighted by Crippen LogP contribution is -2.25. The Morgan fingerprint density at radius 3 is 2.06 bits per heavy atom. The molecule has 1 aromatic heterocycles. The summed E-state index contributed by atoms with van der Waals surface area (Å²) in [4.78, 5) is 24.9. The van der Waals surface area contributed by atoms with Gasteiger partial charge in [-0.15, -0.1) is 0 Å². The molecule has 0 aliphatic carbocycles. The molecule has 48 heavy (non-hydrogen) atoms. The second-order valence-corrected chi connectivity index (χ2v) is 11.3. The van der Waals surface area contributed by atoms with Gasteiger partial charge in [0.25, 0.3) is 5.91 Å². The summed E-state index contributed by atoms with van der Waals surface area (Å²) >= 11 is 6.81. The zero-order chi connectivity index (χ0) is 33.7. The molecule has 0 spiro atoms. The van der Waals surface area contributed by atoms with E-state index in [4.69, 9.17) is 35.1 Å². The molecule has 1 heterocycles. The van der Waals surface area contributed by atoms with Crippen LogP contribution in [0, 0.1) is 0 Å². The SMILES string of the molecule is COC(=O)CCCCCNC(=O)c1noc(-c2cc(Cl)c(OCc3ccccc3)cc2OCc2ccccc2)c1-c1ccc(OC)cc1. The highest BCUT2D eigenvalue weighted by atomic mass is 35.5. The molecule has 5 rings (SSSR count). The van der Waals surface area contributed by atoms with Gasteiger partial charge >= 0.3 is 5.97 Å². The van der Waals surface area contributed by atoms with Crippen LogP contribution in [0.15, 0.2) is 102 Å². The van der Waals surface area contributed by atoms with Crippen LogP contribution in [0.3, 0.4) is 0 Å². The van der Waals surface area contributed by atoms with Crippen molar-refractivity contribution in [3.8, 4) is 39.7 Å². The molecule has 1 N–H and O–H groups in total. The van der Waals surface area contributed by atoms with Crippen LogP contribution in [0.4, 0.5) is 0 Å². The molecule has 0 fully saturated rings. The predicted octanol–water partition coefficient (Wildman–Crippen LogP) is 8.29. The van der Waals surface area contributed by atoms with E-state index in [1.807, 2.05) is 72.8 Å². The molecule has 0 aliphatic rings. The average Bonchev–Trinajstić information content (AvgIpc) is 3.57. The highest BCUT2D eigenvalue weighted by molar-refractivity contribution is 6.32. The number of halogens is 1. The van der Waals surface area contributed by atoms with Crippen molar-refractivity contribution in [1.82, 2.24) is 10.5 Å². The average molecular weight is 669 g/mol. The Balaban J connectivity index is 1.48. The van der Waals surface area contributed by atoms with Crippen molar-refractivity contribution in [3.05, 3.63) is 119 Å². The summed E-state index contributed by atoms with van der Waals surface area (Å²) in [7, 11) is 2.96. The number of hydrogen-bond donors (Lipinski definition) is 1. The number of methoxy groups -OCH3 is 2.